The molecule has 2 saturated heterocycles. The Kier molecular flexibility index (Phi) is 4.97. The molecule has 28 heavy (non-hydrogen) atoms. The zero-order chi connectivity index (χ0) is 19.9. The molecular formula is C21H26N4O2S. The molecule has 2 fully saturated rings. The van der Waals surface area contributed by atoms with E-state index in [2.05, 4.69) is 28.3 Å². The van der Waals surface area contributed by atoms with Crippen molar-refractivity contribution < 1.29 is 9.59 Å². The van der Waals surface area contributed by atoms with Crippen LogP contribution in [0.5, 0.6) is 0 Å². The molecule has 0 unspecified atom stereocenters. The second-order valence-electron chi connectivity index (χ2n) is 8.17. The van der Waals surface area contributed by atoms with E-state index in [4.69, 9.17) is 0 Å². The summed E-state index contributed by atoms with van der Waals surface area (Å²) < 4.78 is 0. The summed E-state index contributed by atoms with van der Waals surface area (Å²) >= 11 is 1.77. The lowest BCUT2D eigenvalue weighted by molar-refractivity contribution is -0.139. The highest BCUT2D eigenvalue weighted by Crippen LogP contribution is 2.44. The summed E-state index contributed by atoms with van der Waals surface area (Å²) in [6.45, 7) is 5.67. The Morgan fingerprint density at radius 2 is 1.96 bits per heavy atom. The van der Waals surface area contributed by atoms with Crippen molar-refractivity contribution in [1.82, 2.24) is 19.7 Å². The molecule has 0 bridgehead atoms. The lowest BCUT2D eigenvalue weighted by Crippen LogP contribution is -2.47. The predicted octanol–water partition coefficient (Wildman–Crippen LogP) is 2.11. The average molecular weight is 399 g/mol. The van der Waals surface area contributed by atoms with Crippen LogP contribution < -0.4 is 0 Å². The first-order chi connectivity index (χ1) is 13.4. The fourth-order valence-corrected chi connectivity index (χ4v) is 5.59. The largest absolute Gasteiger partial charge is 0.348 e. The third-order valence-corrected chi connectivity index (χ3v) is 7.07. The highest BCUT2D eigenvalue weighted by Gasteiger charge is 2.58. The molecule has 7 heteroatoms. The molecule has 0 radical (unpaired) electrons. The van der Waals surface area contributed by atoms with Crippen molar-refractivity contribution >= 4 is 23.2 Å². The van der Waals surface area contributed by atoms with Gasteiger partial charge in [0.2, 0.25) is 5.91 Å². The molecular weight excluding hydrogens is 372 g/mol. The van der Waals surface area contributed by atoms with Gasteiger partial charge in [-0.25, -0.2) is 0 Å². The second kappa shape index (κ2) is 7.29. The van der Waals surface area contributed by atoms with Gasteiger partial charge in [0.05, 0.1) is 5.41 Å². The predicted molar refractivity (Wildman–Crippen MR) is 109 cm³/mol. The molecule has 2 amide bonds. The van der Waals surface area contributed by atoms with Gasteiger partial charge in [-0.15, -0.1) is 11.3 Å². The third-order valence-electron chi connectivity index (χ3n) is 6.06. The molecule has 0 aliphatic carbocycles. The van der Waals surface area contributed by atoms with Crippen molar-refractivity contribution in [1.29, 1.82) is 0 Å². The molecule has 0 spiro atoms. The Hall–Kier alpha value is -2.25. The lowest BCUT2D eigenvalue weighted by atomic mass is 9.80. The number of pyridine rings is 1. The van der Waals surface area contributed by atoms with E-state index in [1.54, 1.807) is 40.8 Å². The number of hydrogen-bond donors (Lipinski definition) is 0. The highest BCUT2D eigenvalue weighted by atomic mass is 32.1. The van der Waals surface area contributed by atoms with E-state index in [0.29, 0.717) is 25.2 Å². The average Bonchev–Trinajstić information content (AvgIpc) is 3.34. The van der Waals surface area contributed by atoms with Crippen LogP contribution in [0.4, 0.5) is 0 Å². The summed E-state index contributed by atoms with van der Waals surface area (Å²) in [5.41, 5.74) is 1.43. The van der Waals surface area contributed by atoms with Crippen LogP contribution in [0, 0.1) is 18.3 Å². The maximum Gasteiger partial charge on any atom is 0.254 e. The minimum absolute atomic E-state index is 0.0108. The second-order valence-corrected chi connectivity index (χ2v) is 9.17. The zero-order valence-corrected chi connectivity index (χ0v) is 17.4. The highest BCUT2D eigenvalue weighted by molar-refractivity contribution is 7.10. The molecule has 6 nitrogen and oxygen atoms in total. The van der Waals surface area contributed by atoms with E-state index in [1.165, 1.54) is 10.4 Å². The van der Waals surface area contributed by atoms with Gasteiger partial charge in [-0.1, -0.05) is 0 Å². The molecule has 0 N–H and O–H groups in total. The van der Waals surface area contributed by atoms with Gasteiger partial charge >= 0.3 is 0 Å². The summed E-state index contributed by atoms with van der Waals surface area (Å²) in [6, 6.07) is 5.62. The first-order valence-corrected chi connectivity index (χ1v) is 10.4. The monoisotopic (exact) mass is 398 g/mol. The minimum Gasteiger partial charge on any atom is -0.348 e. The molecule has 148 valence electrons. The van der Waals surface area contributed by atoms with Gasteiger partial charge in [-0.3, -0.25) is 19.5 Å². The van der Waals surface area contributed by atoms with E-state index in [1.807, 2.05) is 19.0 Å². The number of carbonyl (C=O) groups excluding carboxylic acids is 2. The lowest BCUT2D eigenvalue weighted by Gasteiger charge is -2.31. The molecule has 2 aromatic rings. The van der Waals surface area contributed by atoms with Crippen LogP contribution in [-0.2, 0) is 11.3 Å². The number of aryl methyl sites for hydroxylation is 1. The van der Waals surface area contributed by atoms with Crippen LogP contribution in [0.25, 0.3) is 0 Å². The van der Waals surface area contributed by atoms with Gasteiger partial charge in [-0.05, 0) is 36.1 Å². The van der Waals surface area contributed by atoms with Crippen molar-refractivity contribution in [2.24, 2.45) is 11.3 Å². The zero-order valence-electron chi connectivity index (χ0n) is 16.6. The maximum absolute atomic E-state index is 13.2. The van der Waals surface area contributed by atoms with Crippen molar-refractivity contribution in [2.45, 2.75) is 13.5 Å². The topological polar surface area (TPSA) is 56.8 Å². The fourth-order valence-electron chi connectivity index (χ4n) is 4.64. The first kappa shape index (κ1) is 19.1. The van der Waals surface area contributed by atoms with E-state index in [0.717, 1.165) is 13.1 Å². The Morgan fingerprint density at radius 1 is 1.21 bits per heavy atom. The molecule has 2 aliphatic rings. The van der Waals surface area contributed by atoms with E-state index in [-0.39, 0.29) is 17.7 Å². The smallest absolute Gasteiger partial charge is 0.254 e. The molecule has 0 aromatic carbocycles. The summed E-state index contributed by atoms with van der Waals surface area (Å²) in [4.78, 5) is 37.5. The number of rotatable bonds is 4. The number of carbonyl (C=O) groups is 2. The van der Waals surface area contributed by atoms with Crippen LogP contribution >= 0.6 is 11.3 Å². The normalized spacial score (nSPS) is 24.4. The number of hydrogen-bond acceptors (Lipinski definition) is 5. The van der Waals surface area contributed by atoms with E-state index in [9.17, 15) is 9.59 Å². The summed E-state index contributed by atoms with van der Waals surface area (Å²) in [5, 5.41) is 2.12. The van der Waals surface area contributed by atoms with Crippen molar-refractivity contribution in [3.05, 3.63) is 52.0 Å². The summed E-state index contributed by atoms with van der Waals surface area (Å²) in [6.07, 6.45) is 3.27. The number of likely N-dealkylation sites (tertiary alicyclic amines) is 2. The van der Waals surface area contributed by atoms with Crippen LogP contribution in [0.2, 0.25) is 0 Å². The van der Waals surface area contributed by atoms with Gasteiger partial charge in [0.1, 0.15) is 0 Å². The number of nitrogens with zero attached hydrogens (tertiary/aromatic N) is 4. The van der Waals surface area contributed by atoms with Crippen LogP contribution in [-0.4, -0.2) is 71.8 Å². The van der Waals surface area contributed by atoms with Gasteiger partial charge < -0.3 is 9.80 Å². The molecule has 4 rings (SSSR count). The number of thiophene rings is 1. The molecule has 4 heterocycles. The van der Waals surface area contributed by atoms with E-state index < -0.39 is 5.41 Å². The molecule has 2 atom stereocenters. The number of aromatic nitrogens is 1. The van der Waals surface area contributed by atoms with Gasteiger partial charge in [0, 0.05) is 75.6 Å². The van der Waals surface area contributed by atoms with Crippen LogP contribution in [0.3, 0.4) is 0 Å². The fraction of sp³-hybridized carbons (Fsp3) is 0.476. The molecule has 2 aromatic heterocycles. The van der Waals surface area contributed by atoms with E-state index >= 15 is 0 Å². The summed E-state index contributed by atoms with van der Waals surface area (Å²) in [5.74, 6) is 0.282. The maximum atomic E-state index is 13.2. The Bertz CT molecular complexity index is 882. The third kappa shape index (κ3) is 3.22. The Morgan fingerprint density at radius 3 is 2.61 bits per heavy atom. The van der Waals surface area contributed by atoms with Gasteiger partial charge in [0.15, 0.2) is 0 Å². The SMILES string of the molecule is Cc1ccsc1CN1C[C@@H]2CN(C(=O)c3ccncc3)C[C@]2(C(=O)N(C)C)C1. The Balaban J connectivity index is 1.56. The van der Waals surface area contributed by atoms with Crippen molar-refractivity contribution in [2.75, 3.05) is 40.3 Å². The standard InChI is InChI=1S/C21H26N4O2S/c1-15-6-9-28-18(15)12-24-10-17-11-25(19(26)16-4-7-22-8-5-16)14-21(17,13-24)20(27)23(2)3/h4-9,17H,10-14H2,1-3H3/t17-,21-/m1/s1. The number of fused-ring (bicyclic) bond motifs is 1. The van der Waals surface area contributed by atoms with Crippen molar-refractivity contribution in [3.63, 3.8) is 0 Å². The molecule has 0 saturated carbocycles. The van der Waals surface area contributed by atoms with Crippen molar-refractivity contribution in [3.8, 4) is 0 Å². The van der Waals surface area contributed by atoms with Crippen LogP contribution in [0.1, 0.15) is 20.8 Å². The van der Waals surface area contributed by atoms with Crippen LogP contribution in [0.15, 0.2) is 36.0 Å². The van der Waals surface area contributed by atoms with Gasteiger partial charge in [-0.2, -0.15) is 0 Å². The Labute approximate surface area is 169 Å². The first-order valence-electron chi connectivity index (χ1n) is 9.57. The quantitative estimate of drug-likeness (QED) is 0.792. The molecule has 2 aliphatic heterocycles. The summed E-state index contributed by atoms with van der Waals surface area (Å²) in [7, 11) is 3.63. The van der Waals surface area contributed by atoms with Gasteiger partial charge in [0.25, 0.3) is 5.91 Å². The number of amides is 2. The minimum atomic E-state index is -0.517.